The highest BCUT2D eigenvalue weighted by molar-refractivity contribution is 7.20. The highest BCUT2D eigenvalue weighted by Gasteiger charge is 2.31. The van der Waals surface area contributed by atoms with Crippen LogP contribution in [0, 0.1) is 17.7 Å². The molecule has 2 saturated heterocycles. The smallest absolute Gasteiger partial charge is 0.393 e. The van der Waals surface area contributed by atoms with Crippen molar-refractivity contribution in [3.63, 3.8) is 0 Å². The molecule has 3 aromatic rings. The Morgan fingerprint density at radius 1 is 1.07 bits per heavy atom. The largest absolute Gasteiger partial charge is 0.489 e. The number of fused-ring (bicyclic) bond motifs is 1. The third-order valence-electron chi connectivity index (χ3n) is 8.10. The highest BCUT2D eigenvalue weighted by Crippen LogP contribution is 2.39. The summed E-state index contributed by atoms with van der Waals surface area (Å²) in [6.07, 6.45) is -3.48. The zero-order chi connectivity index (χ0) is 31.8. The lowest BCUT2D eigenvalue weighted by Crippen LogP contribution is -2.38. The number of likely N-dealkylation sites (tertiary alicyclic amines) is 1. The van der Waals surface area contributed by atoms with E-state index in [1.165, 1.54) is 17.4 Å². The van der Waals surface area contributed by atoms with Crippen molar-refractivity contribution in [2.75, 3.05) is 88.3 Å². The Morgan fingerprint density at radius 3 is 2.56 bits per heavy atom. The molecule has 5 rings (SSSR count). The predicted octanol–water partition coefficient (Wildman–Crippen LogP) is 6.37. The van der Waals surface area contributed by atoms with Gasteiger partial charge < -0.3 is 34.6 Å². The molecule has 2 fully saturated rings. The molecule has 244 valence electrons. The average Bonchev–Trinajstić information content (AvgIpc) is 3.37. The molecule has 1 aromatic heterocycles. The fraction of sp³-hybridized carbons (Fsp3) is 0.515. The molecule has 45 heavy (non-hydrogen) atoms. The number of piperidine rings is 1. The van der Waals surface area contributed by atoms with Crippen LogP contribution in [0.2, 0.25) is 0 Å². The van der Waals surface area contributed by atoms with Crippen molar-refractivity contribution in [1.82, 2.24) is 4.90 Å². The number of rotatable bonds is 11. The molecule has 0 saturated carbocycles. The first-order valence-electron chi connectivity index (χ1n) is 15.4. The van der Waals surface area contributed by atoms with Gasteiger partial charge in [-0.25, -0.2) is 4.39 Å². The Hall–Kier alpha value is -3.24. The zero-order valence-electron chi connectivity index (χ0n) is 25.7. The number of thiophene rings is 1. The van der Waals surface area contributed by atoms with Gasteiger partial charge in [0.15, 0.2) is 0 Å². The van der Waals surface area contributed by atoms with Crippen LogP contribution in [0.15, 0.2) is 30.3 Å². The average molecular weight is 649 g/mol. The molecule has 3 heterocycles. The summed E-state index contributed by atoms with van der Waals surface area (Å²) in [4.78, 5) is 4.69. The van der Waals surface area contributed by atoms with Gasteiger partial charge in [-0.05, 0) is 36.4 Å². The van der Waals surface area contributed by atoms with E-state index in [9.17, 15) is 13.2 Å². The van der Waals surface area contributed by atoms with E-state index in [0.29, 0.717) is 60.3 Å². The Balaban J connectivity index is 1.37. The van der Waals surface area contributed by atoms with Crippen molar-refractivity contribution < 1.29 is 31.8 Å². The molecule has 0 spiro atoms. The molecule has 7 nitrogen and oxygen atoms in total. The summed E-state index contributed by atoms with van der Waals surface area (Å²) in [7, 11) is 1.57. The first-order chi connectivity index (χ1) is 21.8. The molecule has 0 aliphatic carbocycles. The third-order valence-corrected chi connectivity index (χ3v) is 9.30. The second-order valence-corrected chi connectivity index (χ2v) is 12.2. The summed E-state index contributed by atoms with van der Waals surface area (Å²) in [5, 5.41) is 7.26. The summed E-state index contributed by atoms with van der Waals surface area (Å²) in [5.41, 5.74) is 1.85. The van der Waals surface area contributed by atoms with E-state index in [0.717, 1.165) is 42.9 Å². The number of methoxy groups -OCH3 is 1. The molecule has 2 aromatic carbocycles. The van der Waals surface area contributed by atoms with Crippen molar-refractivity contribution in [3.8, 4) is 17.6 Å². The topological polar surface area (TPSA) is 58.2 Å². The monoisotopic (exact) mass is 648 g/mol. The van der Waals surface area contributed by atoms with Crippen molar-refractivity contribution in [2.45, 2.75) is 38.4 Å². The number of ether oxygens (including phenoxy) is 3. The van der Waals surface area contributed by atoms with Crippen molar-refractivity contribution in [3.05, 3.63) is 46.6 Å². The molecule has 0 unspecified atom stereocenters. The summed E-state index contributed by atoms with van der Waals surface area (Å²) < 4.78 is 73.5. The van der Waals surface area contributed by atoms with Crippen LogP contribution in [0.4, 0.5) is 34.6 Å². The van der Waals surface area contributed by atoms with Crippen LogP contribution in [0.5, 0.6) is 5.75 Å². The van der Waals surface area contributed by atoms with Gasteiger partial charge in [0.25, 0.3) is 0 Å². The number of halogens is 4. The van der Waals surface area contributed by atoms with Gasteiger partial charge in [0.2, 0.25) is 0 Å². The van der Waals surface area contributed by atoms with Gasteiger partial charge in [0.1, 0.15) is 18.2 Å². The normalized spacial score (nSPS) is 16.4. The minimum atomic E-state index is -4.38. The number of anilines is 3. The van der Waals surface area contributed by atoms with Gasteiger partial charge in [-0.1, -0.05) is 30.9 Å². The number of hydrogen-bond donors (Lipinski definition) is 2. The highest BCUT2D eigenvalue weighted by atomic mass is 32.1. The van der Waals surface area contributed by atoms with Crippen LogP contribution in [0.25, 0.3) is 10.1 Å². The van der Waals surface area contributed by atoms with Gasteiger partial charge in [0.05, 0.1) is 59.4 Å². The quantitative estimate of drug-likeness (QED) is 0.143. The van der Waals surface area contributed by atoms with Crippen LogP contribution in [0.3, 0.4) is 0 Å². The molecule has 2 aliphatic heterocycles. The van der Waals surface area contributed by atoms with Gasteiger partial charge >= 0.3 is 6.18 Å². The SMILES string of the molecule is CCN1CCC(Nc2cccc3c(CC(F)(F)F)c(C#CCNc4cc(F)c(N5CCOCC5)cc4OCCOC)sc23)CC1. The molecular formula is C33H40F4N4O3S. The lowest BCUT2D eigenvalue weighted by Gasteiger charge is -2.32. The van der Waals surface area contributed by atoms with E-state index in [-0.39, 0.29) is 24.8 Å². The first-order valence-corrected chi connectivity index (χ1v) is 16.2. The van der Waals surface area contributed by atoms with Crippen LogP contribution in [-0.2, 0) is 15.9 Å². The zero-order valence-corrected chi connectivity index (χ0v) is 26.5. The van der Waals surface area contributed by atoms with E-state index < -0.39 is 18.4 Å². The second-order valence-electron chi connectivity index (χ2n) is 11.1. The van der Waals surface area contributed by atoms with Crippen LogP contribution < -0.4 is 20.3 Å². The number of benzene rings is 2. The maximum Gasteiger partial charge on any atom is 0.393 e. The predicted molar refractivity (Wildman–Crippen MR) is 173 cm³/mol. The summed E-state index contributed by atoms with van der Waals surface area (Å²) in [5.74, 6) is 5.98. The number of morpholine rings is 1. The first kappa shape index (κ1) is 33.1. The minimum Gasteiger partial charge on any atom is -0.489 e. The number of nitrogens with one attached hydrogen (secondary N) is 2. The van der Waals surface area contributed by atoms with E-state index in [2.05, 4.69) is 34.3 Å². The summed E-state index contributed by atoms with van der Waals surface area (Å²) in [6, 6.07) is 8.76. The fourth-order valence-electron chi connectivity index (χ4n) is 5.72. The van der Waals surface area contributed by atoms with E-state index >= 15 is 4.39 Å². The molecule has 0 atom stereocenters. The molecular weight excluding hydrogens is 608 g/mol. The molecule has 2 N–H and O–H groups in total. The lowest BCUT2D eigenvalue weighted by molar-refractivity contribution is -0.126. The minimum absolute atomic E-state index is 0.0811. The lowest BCUT2D eigenvalue weighted by atomic mass is 10.0. The Morgan fingerprint density at radius 2 is 1.84 bits per heavy atom. The number of hydrogen-bond acceptors (Lipinski definition) is 8. The maximum absolute atomic E-state index is 15.2. The molecule has 0 amide bonds. The third kappa shape index (κ3) is 8.73. The van der Waals surface area contributed by atoms with Crippen molar-refractivity contribution in [1.29, 1.82) is 0 Å². The number of alkyl halides is 3. The van der Waals surface area contributed by atoms with Crippen molar-refractivity contribution in [2.24, 2.45) is 0 Å². The molecule has 0 bridgehead atoms. The summed E-state index contributed by atoms with van der Waals surface area (Å²) in [6.45, 7) is 8.02. The van der Waals surface area contributed by atoms with E-state index in [4.69, 9.17) is 14.2 Å². The maximum atomic E-state index is 15.2. The molecule has 0 radical (unpaired) electrons. The van der Waals surface area contributed by atoms with Crippen LogP contribution >= 0.6 is 11.3 Å². The van der Waals surface area contributed by atoms with Crippen LogP contribution in [-0.4, -0.2) is 89.9 Å². The standard InChI is InChI=1S/C33H40F4N4O3S/c1-3-40-12-9-23(10-13-40)39-27-7-4-6-24-25(22-33(35,36)37)31(45-32(24)27)8-5-11-38-28-20-26(34)29(41-14-16-43-17-15-41)21-30(28)44-19-18-42-2/h4,6-7,20-21,23,38-39H,3,9-19,22H2,1-2H3. The fourth-order valence-corrected chi connectivity index (χ4v) is 6.89. The molecule has 12 heteroatoms. The van der Waals surface area contributed by atoms with Gasteiger partial charge in [-0.15, -0.1) is 11.3 Å². The number of nitrogens with zero attached hydrogens (tertiary/aromatic N) is 2. The van der Waals surface area contributed by atoms with E-state index in [1.807, 2.05) is 11.0 Å². The van der Waals surface area contributed by atoms with Gasteiger partial charge in [-0.3, -0.25) is 0 Å². The van der Waals surface area contributed by atoms with Gasteiger partial charge in [-0.2, -0.15) is 13.2 Å². The molecule has 2 aliphatic rings. The van der Waals surface area contributed by atoms with Gasteiger partial charge in [0, 0.05) is 51.5 Å². The van der Waals surface area contributed by atoms with Crippen molar-refractivity contribution >= 4 is 38.5 Å². The second kappa shape index (κ2) is 15.4. The Kier molecular flexibility index (Phi) is 11.3. The summed E-state index contributed by atoms with van der Waals surface area (Å²) >= 11 is 1.28. The Bertz CT molecular complexity index is 1490. The Labute approximate surface area is 265 Å². The van der Waals surface area contributed by atoms with Crippen LogP contribution in [0.1, 0.15) is 30.2 Å². The van der Waals surface area contributed by atoms with E-state index in [1.54, 1.807) is 25.3 Å².